The molecule has 0 bridgehead atoms. The van der Waals surface area contributed by atoms with Gasteiger partial charge >= 0.3 is 0 Å². The molecule has 1 aromatic heterocycles. The van der Waals surface area contributed by atoms with Crippen LogP contribution in [0.25, 0.3) is 0 Å². The third-order valence-electron chi connectivity index (χ3n) is 2.94. The lowest BCUT2D eigenvalue weighted by Crippen LogP contribution is -2.02. The molecule has 2 rings (SSSR count). The summed E-state index contributed by atoms with van der Waals surface area (Å²) in [7, 11) is 0. The zero-order chi connectivity index (χ0) is 13.7. The minimum atomic E-state index is -0.508. The number of hydrogen-bond acceptors (Lipinski definition) is 1. The van der Waals surface area contributed by atoms with Crippen LogP contribution in [0.4, 0.5) is 4.39 Å². The maximum atomic E-state index is 13.2. The van der Waals surface area contributed by atoms with Crippen LogP contribution in [0.3, 0.4) is 0 Å². The van der Waals surface area contributed by atoms with Crippen molar-refractivity contribution in [2.45, 2.75) is 18.2 Å². The zero-order valence-electron chi connectivity index (χ0n) is 10.5. The van der Waals surface area contributed by atoms with E-state index in [9.17, 15) is 4.39 Å². The van der Waals surface area contributed by atoms with Gasteiger partial charge in [-0.25, -0.2) is 4.98 Å². The van der Waals surface area contributed by atoms with Gasteiger partial charge in [0.2, 0.25) is 5.95 Å². The van der Waals surface area contributed by atoms with Gasteiger partial charge in [-0.15, -0.1) is 18.2 Å². The molecule has 1 aromatic carbocycles. The highest BCUT2D eigenvalue weighted by Crippen LogP contribution is 2.30. The number of aromatic nitrogens is 1. The molecule has 0 saturated carbocycles. The second-order valence-electron chi connectivity index (χ2n) is 4.27. The van der Waals surface area contributed by atoms with Crippen LogP contribution in [0.15, 0.2) is 55.1 Å². The Labute approximate surface area is 117 Å². The van der Waals surface area contributed by atoms with Gasteiger partial charge in [0.25, 0.3) is 0 Å². The molecule has 1 unspecified atom stereocenters. The van der Waals surface area contributed by atoms with Crippen molar-refractivity contribution >= 4 is 11.6 Å². The molecule has 0 fully saturated rings. The van der Waals surface area contributed by atoms with Gasteiger partial charge in [-0.3, -0.25) is 0 Å². The Balaban J connectivity index is 2.32. The lowest BCUT2D eigenvalue weighted by molar-refractivity contribution is 0.577. The normalized spacial score (nSPS) is 12.1. The number of alkyl halides is 1. The standard InChI is InChI=1S/C16H15ClFN/c1-2-3-7-12-8-4-5-9-13(12)16(17)14-10-6-11-15(18)19-14/h2,4-6,8-11,16H,1,3,7H2. The molecule has 0 amide bonds. The highest BCUT2D eigenvalue weighted by molar-refractivity contribution is 6.22. The molecule has 2 aromatic rings. The Kier molecular flexibility index (Phi) is 4.69. The van der Waals surface area contributed by atoms with Crippen LogP contribution < -0.4 is 0 Å². The van der Waals surface area contributed by atoms with Gasteiger partial charge in [0.05, 0.1) is 5.69 Å². The van der Waals surface area contributed by atoms with Gasteiger partial charge in [-0.2, -0.15) is 4.39 Å². The molecule has 98 valence electrons. The van der Waals surface area contributed by atoms with Crippen LogP contribution in [0, 0.1) is 5.95 Å². The Morgan fingerprint density at radius 1 is 1.21 bits per heavy atom. The third-order valence-corrected chi connectivity index (χ3v) is 3.40. The predicted octanol–water partition coefficient (Wildman–Crippen LogP) is 4.67. The van der Waals surface area contributed by atoms with Crippen molar-refractivity contribution < 1.29 is 4.39 Å². The van der Waals surface area contributed by atoms with E-state index in [-0.39, 0.29) is 0 Å². The molecular formula is C16H15ClFN. The van der Waals surface area contributed by atoms with E-state index in [1.807, 2.05) is 30.3 Å². The van der Waals surface area contributed by atoms with Crippen molar-refractivity contribution in [3.63, 3.8) is 0 Å². The summed E-state index contributed by atoms with van der Waals surface area (Å²) in [5.41, 5.74) is 2.66. The second-order valence-corrected chi connectivity index (χ2v) is 4.71. The van der Waals surface area contributed by atoms with Crippen LogP contribution in [0.1, 0.15) is 28.6 Å². The number of aryl methyl sites for hydroxylation is 1. The SMILES string of the molecule is C=CCCc1ccccc1C(Cl)c1cccc(F)n1. The van der Waals surface area contributed by atoms with E-state index < -0.39 is 11.3 Å². The van der Waals surface area contributed by atoms with Gasteiger partial charge in [0.1, 0.15) is 5.38 Å². The first-order chi connectivity index (χ1) is 9.22. The summed E-state index contributed by atoms with van der Waals surface area (Å²) in [5.74, 6) is -0.508. The minimum absolute atomic E-state index is 0.434. The van der Waals surface area contributed by atoms with Crippen LogP contribution in [-0.2, 0) is 6.42 Å². The molecule has 0 radical (unpaired) electrons. The summed E-state index contributed by atoms with van der Waals surface area (Å²) in [4.78, 5) is 3.85. The number of allylic oxidation sites excluding steroid dienone is 1. The second kappa shape index (κ2) is 6.48. The maximum Gasteiger partial charge on any atom is 0.213 e. The number of pyridine rings is 1. The van der Waals surface area contributed by atoms with E-state index in [1.165, 1.54) is 6.07 Å². The highest BCUT2D eigenvalue weighted by atomic mass is 35.5. The number of benzene rings is 1. The Bertz CT molecular complexity index is 568. The van der Waals surface area contributed by atoms with E-state index in [4.69, 9.17) is 11.6 Å². The summed E-state index contributed by atoms with van der Waals surface area (Å²) in [5, 5.41) is -0.434. The number of halogens is 2. The Hall–Kier alpha value is -1.67. The summed E-state index contributed by atoms with van der Waals surface area (Å²) < 4.78 is 13.2. The summed E-state index contributed by atoms with van der Waals surface area (Å²) in [6.45, 7) is 3.73. The first kappa shape index (κ1) is 13.8. The average Bonchev–Trinajstić information content (AvgIpc) is 2.44. The van der Waals surface area contributed by atoms with Gasteiger partial charge in [0, 0.05) is 0 Å². The molecule has 1 heterocycles. The molecule has 1 nitrogen and oxygen atoms in total. The van der Waals surface area contributed by atoms with Crippen LogP contribution >= 0.6 is 11.6 Å². The molecule has 0 saturated heterocycles. The fraction of sp³-hybridized carbons (Fsp3) is 0.188. The van der Waals surface area contributed by atoms with Crippen molar-refractivity contribution in [3.05, 3.63) is 77.9 Å². The topological polar surface area (TPSA) is 12.9 Å². The molecule has 0 aliphatic carbocycles. The predicted molar refractivity (Wildman–Crippen MR) is 76.9 cm³/mol. The Morgan fingerprint density at radius 2 is 2.00 bits per heavy atom. The molecular weight excluding hydrogens is 261 g/mol. The van der Waals surface area contributed by atoms with E-state index in [0.717, 1.165) is 24.0 Å². The van der Waals surface area contributed by atoms with Crippen molar-refractivity contribution in [2.24, 2.45) is 0 Å². The Morgan fingerprint density at radius 3 is 2.74 bits per heavy atom. The van der Waals surface area contributed by atoms with Crippen molar-refractivity contribution in [1.82, 2.24) is 4.98 Å². The average molecular weight is 276 g/mol. The minimum Gasteiger partial charge on any atom is -0.223 e. The van der Waals surface area contributed by atoms with Gasteiger partial charge < -0.3 is 0 Å². The first-order valence-corrected chi connectivity index (χ1v) is 6.61. The summed E-state index contributed by atoms with van der Waals surface area (Å²) in [6, 6.07) is 12.6. The maximum absolute atomic E-state index is 13.2. The fourth-order valence-corrected chi connectivity index (χ4v) is 2.33. The lowest BCUT2D eigenvalue weighted by Gasteiger charge is -2.14. The molecule has 0 aliphatic rings. The highest BCUT2D eigenvalue weighted by Gasteiger charge is 2.15. The van der Waals surface area contributed by atoms with Crippen LogP contribution in [-0.4, -0.2) is 4.98 Å². The van der Waals surface area contributed by atoms with Crippen LogP contribution in [0.5, 0.6) is 0 Å². The monoisotopic (exact) mass is 275 g/mol. The lowest BCUT2D eigenvalue weighted by atomic mass is 9.98. The first-order valence-electron chi connectivity index (χ1n) is 6.17. The van der Waals surface area contributed by atoms with Crippen LogP contribution in [0.2, 0.25) is 0 Å². The largest absolute Gasteiger partial charge is 0.223 e. The fourth-order valence-electron chi connectivity index (χ4n) is 1.99. The van der Waals surface area contributed by atoms with E-state index in [1.54, 1.807) is 12.1 Å². The van der Waals surface area contributed by atoms with E-state index in [0.29, 0.717) is 5.69 Å². The van der Waals surface area contributed by atoms with Gasteiger partial charge in [0.15, 0.2) is 0 Å². The molecule has 0 aliphatic heterocycles. The van der Waals surface area contributed by atoms with E-state index >= 15 is 0 Å². The van der Waals surface area contributed by atoms with E-state index in [2.05, 4.69) is 11.6 Å². The molecule has 0 N–H and O–H groups in total. The quantitative estimate of drug-likeness (QED) is 0.439. The van der Waals surface area contributed by atoms with Crippen molar-refractivity contribution in [1.29, 1.82) is 0 Å². The summed E-state index contributed by atoms with van der Waals surface area (Å²) in [6.07, 6.45) is 3.63. The third kappa shape index (κ3) is 3.42. The van der Waals surface area contributed by atoms with Gasteiger partial charge in [-0.1, -0.05) is 36.4 Å². The molecule has 1 atom stereocenters. The van der Waals surface area contributed by atoms with Crippen molar-refractivity contribution in [2.75, 3.05) is 0 Å². The number of nitrogens with zero attached hydrogens (tertiary/aromatic N) is 1. The summed E-state index contributed by atoms with van der Waals surface area (Å²) >= 11 is 6.43. The molecule has 19 heavy (non-hydrogen) atoms. The van der Waals surface area contributed by atoms with Gasteiger partial charge in [-0.05, 0) is 36.1 Å². The zero-order valence-corrected chi connectivity index (χ0v) is 11.3. The molecule has 3 heteroatoms. The molecule has 0 spiro atoms. The smallest absolute Gasteiger partial charge is 0.213 e. The number of hydrogen-bond donors (Lipinski definition) is 0. The number of rotatable bonds is 5. The van der Waals surface area contributed by atoms with Crippen molar-refractivity contribution in [3.8, 4) is 0 Å².